The van der Waals surface area contributed by atoms with Gasteiger partial charge in [0.1, 0.15) is 11.5 Å². The van der Waals surface area contributed by atoms with Gasteiger partial charge in [-0.15, -0.1) is 0 Å². The van der Waals surface area contributed by atoms with Gasteiger partial charge in [0.05, 0.1) is 26.3 Å². The normalized spacial score (nSPS) is 26.1. The van der Waals surface area contributed by atoms with Crippen molar-refractivity contribution >= 4 is 11.8 Å². The number of benzene rings is 2. The molecule has 2 aliphatic carbocycles. The van der Waals surface area contributed by atoms with Crippen molar-refractivity contribution in [3.63, 3.8) is 0 Å². The first-order valence-electron chi connectivity index (χ1n) is 9.76. The second kappa shape index (κ2) is 6.65. The lowest BCUT2D eigenvalue weighted by molar-refractivity contribution is -0.145. The van der Waals surface area contributed by atoms with Crippen molar-refractivity contribution in [2.75, 3.05) is 14.2 Å². The van der Waals surface area contributed by atoms with Gasteiger partial charge in [-0.2, -0.15) is 0 Å². The molecule has 0 aromatic heterocycles. The fourth-order valence-electron chi connectivity index (χ4n) is 4.84. The number of amides is 2. The molecular formula is C23H22N2O4. The Morgan fingerprint density at radius 3 is 1.45 bits per heavy atom. The fraction of sp³-hybridized carbons (Fsp3) is 0.304. The van der Waals surface area contributed by atoms with E-state index in [0.717, 1.165) is 6.42 Å². The Hall–Kier alpha value is -3.28. The van der Waals surface area contributed by atoms with Crippen LogP contribution in [0.25, 0.3) is 0 Å². The maximum atomic E-state index is 13.3. The smallest absolute Gasteiger partial charge is 0.272 e. The predicted octanol–water partition coefficient (Wildman–Crippen LogP) is 3.16. The number of ether oxygens (including phenoxy) is 2. The van der Waals surface area contributed by atoms with Gasteiger partial charge in [-0.05, 0) is 55.0 Å². The molecular weight excluding hydrogens is 368 g/mol. The second-order valence-electron chi connectivity index (χ2n) is 7.69. The number of nitrogens with zero attached hydrogens (tertiary/aromatic N) is 2. The minimum Gasteiger partial charge on any atom is -0.497 e. The molecule has 0 N–H and O–H groups in total. The van der Waals surface area contributed by atoms with E-state index in [1.165, 1.54) is 0 Å². The third kappa shape index (κ3) is 2.63. The zero-order chi connectivity index (χ0) is 20.1. The molecule has 29 heavy (non-hydrogen) atoms. The van der Waals surface area contributed by atoms with Crippen LogP contribution in [0.3, 0.4) is 0 Å². The summed E-state index contributed by atoms with van der Waals surface area (Å²) in [6.45, 7) is 0. The van der Waals surface area contributed by atoms with Crippen molar-refractivity contribution in [1.29, 1.82) is 0 Å². The summed E-state index contributed by atoms with van der Waals surface area (Å²) in [6, 6.07) is 14.1. The van der Waals surface area contributed by atoms with E-state index in [2.05, 4.69) is 12.2 Å². The molecule has 2 aromatic carbocycles. The number of hydrogen-bond donors (Lipinski definition) is 0. The van der Waals surface area contributed by atoms with E-state index in [1.807, 2.05) is 0 Å². The molecule has 1 saturated heterocycles. The maximum absolute atomic E-state index is 13.3. The molecule has 0 radical (unpaired) electrons. The van der Waals surface area contributed by atoms with E-state index in [9.17, 15) is 9.59 Å². The first-order valence-corrected chi connectivity index (χ1v) is 9.76. The van der Waals surface area contributed by atoms with E-state index in [1.54, 1.807) is 72.8 Å². The third-order valence-corrected chi connectivity index (χ3v) is 6.26. The quantitative estimate of drug-likeness (QED) is 0.753. The Morgan fingerprint density at radius 1 is 0.724 bits per heavy atom. The Kier molecular flexibility index (Phi) is 4.08. The van der Waals surface area contributed by atoms with Crippen molar-refractivity contribution < 1.29 is 19.1 Å². The van der Waals surface area contributed by atoms with Crippen molar-refractivity contribution in [3.05, 3.63) is 71.8 Å². The van der Waals surface area contributed by atoms with Crippen molar-refractivity contribution in [2.24, 2.45) is 11.8 Å². The Labute approximate surface area is 169 Å². The summed E-state index contributed by atoms with van der Waals surface area (Å²) in [4.78, 5) is 26.7. The largest absolute Gasteiger partial charge is 0.497 e. The average Bonchev–Trinajstić information content (AvgIpc) is 3.32. The summed E-state index contributed by atoms with van der Waals surface area (Å²) in [7, 11) is 3.18. The fourth-order valence-corrected chi connectivity index (χ4v) is 4.84. The van der Waals surface area contributed by atoms with Gasteiger partial charge in [0.25, 0.3) is 11.8 Å². The Balaban J connectivity index is 1.47. The molecule has 2 amide bonds. The predicted molar refractivity (Wildman–Crippen MR) is 107 cm³/mol. The second-order valence-corrected chi connectivity index (χ2v) is 7.69. The maximum Gasteiger partial charge on any atom is 0.272 e. The van der Waals surface area contributed by atoms with Gasteiger partial charge in [-0.1, -0.05) is 12.2 Å². The Bertz CT molecular complexity index is 903. The minimum absolute atomic E-state index is 0.0433. The summed E-state index contributed by atoms with van der Waals surface area (Å²) in [5.74, 6) is 1.70. The van der Waals surface area contributed by atoms with Crippen LogP contribution in [-0.2, 0) is 0 Å². The third-order valence-electron chi connectivity index (χ3n) is 6.26. The average molecular weight is 390 g/mol. The van der Waals surface area contributed by atoms with Crippen LogP contribution in [0.4, 0.5) is 0 Å². The topological polar surface area (TPSA) is 59.1 Å². The van der Waals surface area contributed by atoms with Gasteiger partial charge in [-0.3, -0.25) is 9.59 Å². The Morgan fingerprint density at radius 2 is 1.10 bits per heavy atom. The SMILES string of the molecule is COc1ccc(C(=O)N2C3C4C=CC(C4)C3N2C(=O)c2ccc(OC)cc2)cc1. The highest BCUT2D eigenvalue weighted by molar-refractivity contribution is 6.01. The van der Waals surface area contributed by atoms with Crippen LogP contribution < -0.4 is 9.47 Å². The van der Waals surface area contributed by atoms with Gasteiger partial charge in [0.2, 0.25) is 0 Å². The molecule has 2 aromatic rings. The highest BCUT2D eigenvalue weighted by Gasteiger charge is 2.63. The van der Waals surface area contributed by atoms with Crippen molar-refractivity contribution in [1.82, 2.24) is 10.0 Å². The molecule has 2 bridgehead atoms. The zero-order valence-electron chi connectivity index (χ0n) is 16.3. The van der Waals surface area contributed by atoms with Gasteiger partial charge in [0, 0.05) is 23.0 Å². The molecule has 148 valence electrons. The summed E-state index contributed by atoms with van der Waals surface area (Å²) in [6.07, 6.45) is 5.37. The van der Waals surface area contributed by atoms with Crippen LogP contribution in [-0.4, -0.2) is 48.1 Å². The highest BCUT2D eigenvalue weighted by Crippen LogP contribution is 2.52. The van der Waals surface area contributed by atoms with Gasteiger partial charge in [-0.25, -0.2) is 10.0 Å². The number of carbonyl (C=O) groups excluding carboxylic acids is 2. The van der Waals surface area contributed by atoms with Crippen LogP contribution in [0, 0.1) is 11.8 Å². The molecule has 4 atom stereocenters. The first-order chi connectivity index (χ1) is 14.1. The van der Waals surface area contributed by atoms with Crippen LogP contribution in [0.1, 0.15) is 27.1 Å². The van der Waals surface area contributed by atoms with Gasteiger partial charge in [0.15, 0.2) is 0 Å². The number of rotatable bonds is 4. The first kappa shape index (κ1) is 17.8. The highest BCUT2D eigenvalue weighted by atomic mass is 16.5. The number of methoxy groups -OCH3 is 2. The number of carbonyl (C=O) groups is 2. The van der Waals surface area contributed by atoms with E-state index in [-0.39, 0.29) is 23.9 Å². The summed E-state index contributed by atoms with van der Waals surface area (Å²) in [5, 5.41) is 3.32. The number of fused-ring (bicyclic) bond motifs is 5. The van der Waals surface area contributed by atoms with Crippen LogP contribution >= 0.6 is 0 Å². The lowest BCUT2D eigenvalue weighted by atomic mass is 9.88. The molecule has 6 nitrogen and oxygen atoms in total. The lowest BCUT2D eigenvalue weighted by Crippen LogP contribution is -2.75. The standard InChI is InChI=1S/C23H22N2O4/c1-28-18-9-5-14(6-10-18)22(26)24-20-16-3-4-17(13-16)21(20)25(24)23(27)15-7-11-19(29-2)12-8-15/h3-12,16-17,20-21H,13H2,1-2H3. The van der Waals surface area contributed by atoms with Gasteiger partial charge < -0.3 is 9.47 Å². The summed E-state index contributed by atoms with van der Waals surface area (Å²) >= 11 is 0. The molecule has 1 heterocycles. The molecule has 6 heteroatoms. The minimum atomic E-state index is -0.156. The number of hydrazine groups is 1. The van der Waals surface area contributed by atoms with Gasteiger partial charge >= 0.3 is 0 Å². The molecule has 1 saturated carbocycles. The zero-order valence-corrected chi connectivity index (χ0v) is 16.3. The number of hydrogen-bond acceptors (Lipinski definition) is 4. The molecule has 0 spiro atoms. The van der Waals surface area contributed by atoms with Crippen molar-refractivity contribution in [3.8, 4) is 11.5 Å². The van der Waals surface area contributed by atoms with E-state index in [4.69, 9.17) is 9.47 Å². The monoisotopic (exact) mass is 390 g/mol. The summed E-state index contributed by atoms with van der Waals surface area (Å²) in [5.41, 5.74) is 1.09. The summed E-state index contributed by atoms with van der Waals surface area (Å²) < 4.78 is 10.4. The van der Waals surface area contributed by atoms with Crippen LogP contribution in [0.2, 0.25) is 0 Å². The molecule has 4 unspecified atom stereocenters. The van der Waals surface area contributed by atoms with Crippen LogP contribution in [0.15, 0.2) is 60.7 Å². The van der Waals surface area contributed by atoms with Crippen molar-refractivity contribution in [2.45, 2.75) is 18.5 Å². The van der Waals surface area contributed by atoms with E-state index < -0.39 is 0 Å². The van der Waals surface area contributed by atoms with Crippen LogP contribution in [0.5, 0.6) is 11.5 Å². The lowest BCUT2D eigenvalue weighted by Gasteiger charge is -2.57. The molecule has 3 aliphatic rings. The van der Waals surface area contributed by atoms with E-state index >= 15 is 0 Å². The molecule has 1 aliphatic heterocycles. The molecule has 2 fully saturated rings. The van der Waals surface area contributed by atoms with E-state index in [0.29, 0.717) is 34.5 Å². The molecule has 5 rings (SSSR count).